The monoisotopic (exact) mass is 207 g/mol. The Balaban J connectivity index is 2.73. The predicted octanol–water partition coefficient (Wildman–Crippen LogP) is 0.622. The molecule has 78 valence electrons. The van der Waals surface area contributed by atoms with Gasteiger partial charge in [0.15, 0.2) is 5.76 Å². The van der Waals surface area contributed by atoms with Crippen molar-refractivity contribution in [3.05, 3.63) is 33.4 Å². The molecular weight excluding hydrogens is 198 g/mol. The quantitative estimate of drug-likeness (QED) is 0.707. The van der Waals surface area contributed by atoms with Crippen molar-refractivity contribution in [2.24, 2.45) is 0 Å². The summed E-state index contributed by atoms with van der Waals surface area (Å²) in [5.74, 6) is -0.668. The molecule has 1 amide bonds. The predicted molar refractivity (Wildman–Crippen MR) is 52.5 cm³/mol. The van der Waals surface area contributed by atoms with Gasteiger partial charge in [0.05, 0.1) is 6.54 Å². The number of hydrogen-bond donors (Lipinski definition) is 2. The summed E-state index contributed by atoms with van der Waals surface area (Å²) < 4.78 is 5.22. The van der Waals surface area contributed by atoms with E-state index in [9.17, 15) is 14.7 Å². The molecule has 5 nitrogen and oxygen atoms in total. The van der Waals surface area contributed by atoms with Gasteiger partial charge in [-0.05, 0) is 13.0 Å². The third kappa shape index (κ3) is 1.32. The number of hydrogen-bond acceptors (Lipinski definition) is 4. The number of nitrogens with one attached hydrogen (secondary N) is 1. The average Bonchev–Trinajstić information content (AvgIpc) is 2.56. The summed E-state index contributed by atoms with van der Waals surface area (Å²) in [7, 11) is 0. The van der Waals surface area contributed by atoms with E-state index < -0.39 is 17.1 Å². The van der Waals surface area contributed by atoms with Gasteiger partial charge in [-0.3, -0.25) is 9.59 Å². The zero-order chi connectivity index (χ0) is 11.0. The number of carbonyl (C=O) groups is 1. The second-order valence-corrected chi connectivity index (χ2v) is 3.12. The minimum absolute atomic E-state index is 0.0813. The second-order valence-electron chi connectivity index (χ2n) is 3.12. The molecule has 0 spiro atoms. The van der Waals surface area contributed by atoms with Gasteiger partial charge in [-0.2, -0.15) is 0 Å². The highest BCUT2D eigenvalue weighted by Crippen LogP contribution is 2.21. The molecule has 1 aromatic rings. The molecule has 2 rings (SSSR count). The van der Waals surface area contributed by atoms with Gasteiger partial charge in [-0.1, -0.05) is 6.08 Å². The fraction of sp³-hybridized carbons (Fsp3) is 0.200. The lowest BCUT2D eigenvalue weighted by atomic mass is 10.2. The number of carbonyl (C=O) groups excluding carboxylic acids is 1. The Bertz CT molecular complexity index is 513. The van der Waals surface area contributed by atoms with Crippen LogP contribution in [0, 0.1) is 0 Å². The molecule has 0 aromatic carbocycles. The Hall–Kier alpha value is -2.04. The minimum Gasteiger partial charge on any atom is -0.502 e. The van der Waals surface area contributed by atoms with Crippen LogP contribution in [-0.4, -0.2) is 11.0 Å². The molecule has 0 saturated carbocycles. The fourth-order valence-electron chi connectivity index (χ4n) is 1.46. The van der Waals surface area contributed by atoms with Gasteiger partial charge in [0.2, 0.25) is 11.2 Å². The van der Waals surface area contributed by atoms with E-state index in [1.165, 1.54) is 6.08 Å². The van der Waals surface area contributed by atoms with Crippen LogP contribution in [0.5, 0.6) is 5.75 Å². The Labute approximate surface area is 85.0 Å². The van der Waals surface area contributed by atoms with Crippen LogP contribution in [-0.2, 0) is 6.54 Å². The maximum atomic E-state index is 11.6. The second kappa shape index (κ2) is 3.27. The molecule has 5 heteroatoms. The van der Waals surface area contributed by atoms with Crippen LogP contribution in [0.1, 0.15) is 28.8 Å². The van der Waals surface area contributed by atoms with Crippen molar-refractivity contribution < 1.29 is 14.3 Å². The molecule has 0 unspecified atom stereocenters. The van der Waals surface area contributed by atoms with Gasteiger partial charge in [-0.25, -0.2) is 0 Å². The minimum atomic E-state index is -0.681. The number of allylic oxidation sites excluding steroid dienone is 1. The van der Waals surface area contributed by atoms with Crippen LogP contribution in [0.2, 0.25) is 0 Å². The van der Waals surface area contributed by atoms with Crippen LogP contribution in [0.15, 0.2) is 15.3 Å². The Morgan fingerprint density at radius 1 is 1.47 bits per heavy atom. The molecule has 1 aromatic heterocycles. The summed E-state index contributed by atoms with van der Waals surface area (Å²) in [6.07, 6.45) is 3.11. The molecule has 2 heterocycles. The highest BCUT2D eigenvalue weighted by atomic mass is 16.4. The molecule has 0 radical (unpaired) electrons. The number of amides is 1. The van der Waals surface area contributed by atoms with Crippen LogP contribution >= 0.6 is 0 Å². The lowest BCUT2D eigenvalue weighted by molar-refractivity contribution is 0.0964. The first-order valence-corrected chi connectivity index (χ1v) is 4.45. The first kappa shape index (κ1) is 9.51. The molecule has 1 aliphatic heterocycles. The maximum absolute atomic E-state index is 11.6. The van der Waals surface area contributed by atoms with Crippen LogP contribution in [0.4, 0.5) is 0 Å². The van der Waals surface area contributed by atoms with Crippen LogP contribution in [0.3, 0.4) is 0 Å². The van der Waals surface area contributed by atoms with Crippen molar-refractivity contribution in [1.82, 2.24) is 5.32 Å². The van der Waals surface area contributed by atoms with Crippen molar-refractivity contribution in [3.63, 3.8) is 0 Å². The van der Waals surface area contributed by atoms with Crippen molar-refractivity contribution in [3.8, 4) is 5.75 Å². The van der Waals surface area contributed by atoms with Crippen LogP contribution in [0.25, 0.3) is 6.08 Å². The smallest absolute Gasteiger partial charge is 0.259 e. The van der Waals surface area contributed by atoms with Crippen molar-refractivity contribution in [2.45, 2.75) is 13.5 Å². The molecule has 15 heavy (non-hydrogen) atoms. The average molecular weight is 207 g/mol. The third-order valence-corrected chi connectivity index (χ3v) is 2.14. The Morgan fingerprint density at radius 3 is 2.87 bits per heavy atom. The molecule has 2 N–H and O–H groups in total. The summed E-state index contributed by atoms with van der Waals surface area (Å²) in [5, 5.41) is 11.9. The molecule has 0 aliphatic carbocycles. The van der Waals surface area contributed by atoms with E-state index in [-0.39, 0.29) is 23.6 Å². The standard InChI is InChI=1S/C10H9NO4/c1-2-3-5-8(12)9(13)7-6(15-5)4-11-10(7)14/h2-3,12H,4H2,1H3,(H,11,14)/b3-2+. The largest absolute Gasteiger partial charge is 0.502 e. The lowest BCUT2D eigenvalue weighted by Crippen LogP contribution is -2.19. The van der Waals surface area contributed by atoms with E-state index in [1.54, 1.807) is 13.0 Å². The summed E-state index contributed by atoms with van der Waals surface area (Å²) in [4.78, 5) is 22.8. The third-order valence-electron chi connectivity index (χ3n) is 2.14. The highest BCUT2D eigenvalue weighted by molar-refractivity contribution is 5.97. The number of fused-ring (bicyclic) bond motifs is 1. The molecule has 0 bridgehead atoms. The normalized spacial score (nSPS) is 14.3. The fourth-order valence-corrected chi connectivity index (χ4v) is 1.46. The van der Waals surface area contributed by atoms with E-state index in [1.807, 2.05) is 0 Å². The summed E-state index contributed by atoms with van der Waals surface area (Å²) >= 11 is 0. The molecule has 0 fully saturated rings. The maximum Gasteiger partial charge on any atom is 0.259 e. The molecule has 0 atom stereocenters. The first-order chi connectivity index (χ1) is 7.15. The van der Waals surface area contributed by atoms with E-state index in [0.29, 0.717) is 0 Å². The number of aromatic hydroxyl groups is 1. The first-order valence-electron chi connectivity index (χ1n) is 4.45. The van der Waals surface area contributed by atoms with Gasteiger partial charge < -0.3 is 14.8 Å². The Morgan fingerprint density at radius 2 is 2.20 bits per heavy atom. The van der Waals surface area contributed by atoms with Gasteiger partial charge >= 0.3 is 0 Å². The summed E-state index contributed by atoms with van der Waals surface area (Å²) in [6.45, 7) is 1.92. The lowest BCUT2D eigenvalue weighted by Gasteiger charge is -2.00. The summed E-state index contributed by atoms with van der Waals surface area (Å²) in [6, 6.07) is 0. The van der Waals surface area contributed by atoms with Crippen molar-refractivity contribution in [1.29, 1.82) is 0 Å². The molecule has 1 aliphatic rings. The van der Waals surface area contributed by atoms with E-state index in [0.717, 1.165) is 0 Å². The van der Waals surface area contributed by atoms with E-state index in [2.05, 4.69) is 5.32 Å². The van der Waals surface area contributed by atoms with Crippen molar-refractivity contribution >= 4 is 12.0 Å². The zero-order valence-corrected chi connectivity index (χ0v) is 8.03. The Kier molecular flexibility index (Phi) is 2.07. The highest BCUT2D eigenvalue weighted by Gasteiger charge is 2.28. The van der Waals surface area contributed by atoms with Gasteiger partial charge in [0.1, 0.15) is 11.3 Å². The van der Waals surface area contributed by atoms with E-state index in [4.69, 9.17) is 4.42 Å². The van der Waals surface area contributed by atoms with Gasteiger partial charge in [0.25, 0.3) is 5.91 Å². The number of rotatable bonds is 1. The zero-order valence-electron chi connectivity index (χ0n) is 8.03. The topological polar surface area (TPSA) is 79.5 Å². The molecular formula is C10H9NO4. The molecule has 0 saturated heterocycles. The SMILES string of the molecule is C/C=C/c1oc2c(c(=O)c1O)C(=O)NC2. The van der Waals surface area contributed by atoms with Gasteiger partial charge in [0, 0.05) is 0 Å². The van der Waals surface area contributed by atoms with Gasteiger partial charge in [-0.15, -0.1) is 0 Å². The van der Waals surface area contributed by atoms with Crippen LogP contribution < -0.4 is 10.7 Å². The summed E-state index contributed by atoms with van der Waals surface area (Å²) in [5.41, 5.74) is -0.778. The van der Waals surface area contributed by atoms with E-state index >= 15 is 0 Å². The van der Waals surface area contributed by atoms with Crippen molar-refractivity contribution in [2.75, 3.05) is 0 Å².